The number of carboxylic acids is 1. The molecule has 0 radical (unpaired) electrons. The zero-order valence-corrected chi connectivity index (χ0v) is 12.7. The maximum absolute atomic E-state index is 10.9. The van der Waals surface area contributed by atoms with Gasteiger partial charge >= 0.3 is 5.97 Å². The fourth-order valence-electron chi connectivity index (χ4n) is 2.54. The van der Waals surface area contributed by atoms with Crippen molar-refractivity contribution in [1.82, 2.24) is 10.5 Å². The second-order valence-electron chi connectivity index (χ2n) is 5.33. The smallest absolute Gasteiger partial charge is 0.374 e. The Bertz CT molecular complexity index is 692. The minimum absolute atomic E-state index is 0.0831. The van der Waals surface area contributed by atoms with E-state index in [4.69, 9.17) is 19.1 Å². The van der Waals surface area contributed by atoms with E-state index in [-0.39, 0.29) is 11.9 Å². The lowest BCUT2D eigenvalue weighted by molar-refractivity contribution is 0.0652. The van der Waals surface area contributed by atoms with Crippen LogP contribution in [0.4, 0.5) is 0 Å². The average molecular weight is 318 g/mol. The zero-order valence-electron chi connectivity index (χ0n) is 12.7. The number of carbonyl (C=O) groups is 1. The van der Waals surface area contributed by atoms with Crippen LogP contribution in [0, 0.1) is 0 Å². The minimum atomic E-state index is -1.15. The summed E-state index contributed by atoms with van der Waals surface area (Å²) < 4.78 is 16.2. The second kappa shape index (κ2) is 6.70. The third kappa shape index (κ3) is 3.45. The first-order chi connectivity index (χ1) is 11.2. The van der Waals surface area contributed by atoms with Crippen LogP contribution in [-0.4, -0.2) is 42.5 Å². The molecule has 2 heterocycles. The lowest BCUT2D eigenvalue weighted by atomic mass is 10.1. The van der Waals surface area contributed by atoms with Crippen molar-refractivity contribution < 1.29 is 23.9 Å². The van der Waals surface area contributed by atoms with Gasteiger partial charge < -0.3 is 24.4 Å². The van der Waals surface area contributed by atoms with E-state index in [2.05, 4.69) is 10.5 Å². The highest BCUT2D eigenvalue weighted by molar-refractivity contribution is 5.85. The number of ether oxygens (including phenoxy) is 2. The highest BCUT2D eigenvalue weighted by atomic mass is 16.5. The van der Waals surface area contributed by atoms with E-state index in [0.717, 1.165) is 25.9 Å². The number of benzene rings is 1. The SMILES string of the molecule is COc1ccc(-c2cc(C(=O)O)on2)cc1OC1CCCNC1. The molecule has 2 N–H and O–H groups in total. The Hall–Kier alpha value is -2.54. The average Bonchev–Trinajstić information content (AvgIpc) is 3.06. The Labute approximate surface area is 133 Å². The number of hydrogen-bond donors (Lipinski definition) is 2. The van der Waals surface area contributed by atoms with Crippen molar-refractivity contribution in [2.45, 2.75) is 18.9 Å². The lowest BCUT2D eigenvalue weighted by Gasteiger charge is -2.25. The van der Waals surface area contributed by atoms with Gasteiger partial charge in [0.05, 0.1) is 7.11 Å². The van der Waals surface area contributed by atoms with Gasteiger partial charge in [0, 0.05) is 18.2 Å². The van der Waals surface area contributed by atoms with Crippen LogP contribution in [0.15, 0.2) is 28.8 Å². The molecule has 0 spiro atoms. The Balaban J connectivity index is 1.86. The zero-order chi connectivity index (χ0) is 16.2. The number of methoxy groups -OCH3 is 1. The van der Waals surface area contributed by atoms with Crippen molar-refractivity contribution in [3.05, 3.63) is 30.0 Å². The van der Waals surface area contributed by atoms with Crippen LogP contribution in [0.5, 0.6) is 11.5 Å². The Kier molecular flexibility index (Phi) is 4.47. The summed E-state index contributed by atoms with van der Waals surface area (Å²) in [5, 5.41) is 16.0. The van der Waals surface area contributed by atoms with Crippen LogP contribution in [0.3, 0.4) is 0 Å². The van der Waals surface area contributed by atoms with Crippen LogP contribution in [0.25, 0.3) is 11.3 Å². The minimum Gasteiger partial charge on any atom is -0.493 e. The Morgan fingerprint density at radius 3 is 2.91 bits per heavy atom. The van der Waals surface area contributed by atoms with Crippen molar-refractivity contribution in [2.75, 3.05) is 20.2 Å². The number of carboxylic acid groups (broad SMARTS) is 1. The number of hydrogen-bond acceptors (Lipinski definition) is 6. The van der Waals surface area contributed by atoms with Crippen molar-refractivity contribution in [3.8, 4) is 22.8 Å². The van der Waals surface area contributed by atoms with Gasteiger partial charge in [-0.3, -0.25) is 0 Å². The van der Waals surface area contributed by atoms with Crippen LogP contribution in [0.2, 0.25) is 0 Å². The van der Waals surface area contributed by atoms with E-state index in [0.29, 0.717) is 22.8 Å². The third-order valence-corrected chi connectivity index (χ3v) is 3.73. The van der Waals surface area contributed by atoms with E-state index in [1.165, 1.54) is 6.07 Å². The maximum Gasteiger partial charge on any atom is 0.374 e. The summed E-state index contributed by atoms with van der Waals surface area (Å²) in [4.78, 5) is 10.9. The molecular weight excluding hydrogens is 300 g/mol. The lowest BCUT2D eigenvalue weighted by Crippen LogP contribution is -2.37. The summed E-state index contributed by atoms with van der Waals surface area (Å²) in [7, 11) is 1.58. The molecule has 1 aromatic heterocycles. The monoisotopic (exact) mass is 318 g/mol. The molecule has 1 aromatic carbocycles. The second-order valence-corrected chi connectivity index (χ2v) is 5.33. The van der Waals surface area contributed by atoms with E-state index in [1.807, 2.05) is 0 Å². The van der Waals surface area contributed by atoms with E-state index >= 15 is 0 Å². The van der Waals surface area contributed by atoms with Crippen LogP contribution in [0.1, 0.15) is 23.4 Å². The summed E-state index contributed by atoms with van der Waals surface area (Å²) in [6.45, 7) is 1.80. The number of aromatic carboxylic acids is 1. The highest BCUT2D eigenvalue weighted by Gasteiger charge is 2.18. The molecule has 23 heavy (non-hydrogen) atoms. The molecule has 7 nitrogen and oxygen atoms in total. The predicted molar refractivity (Wildman–Crippen MR) is 82.0 cm³/mol. The molecule has 3 rings (SSSR count). The predicted octanol–water partition coefficient (Wildman–Crippen LogP) is 2.18. The van der Waals surface area contributed by atoms with E-state index in [1.54, 1.807) is 25.3 Å². The largest absolute Gasteiger partial charge is 0.493 e. The van der Waals surface area contributed by atoms with Crippen LogP contribution in [-0.2, 0) is 0 Å². The molecule has 1 fully saturated rings. The van der Waals surface area contributed by atoms with Crippen molar-refractivity contribution in [2.24, 2.45) is 0 Å². The Morgan fingerprint density at radius 1 is 1.39 bits per heavy atom. The number of aromatic nitrogens is 1. The van der Waals surface area contributed by atoms with Gasteiger partial charge in [-0.2, -0.15) is 0 Å². The number of nitrogens with zero attached hydrogens (tertiary/aromatic N) is 1. The molecule has 0 amide bonds. The highest BCUT2D eigenvalue weighted by Crippen LogP contribution is 2.33. The molecule has 1 aliphatic heterocycles. The van der Waals surface area contributed by atoms with Gasteiger partial charge in [-0.25, -0.2) is 4.79 Å². The molecule has 122 valence electrons. The quantitative estimate of drug-likeness (QED) is 0.872. The van der Waals surface area contributed by atoms with Crippen molar-refractivity contribution in [3.63, 3.8) is 0 Å². The standard InChI is InChI=1S/C16H18N2O5/c1-21-13-5-4-10(12-8-15(16(19)20)23-18-12)7-14(13)22-11-3-2-6-17-9-11/h4-5,7-8,11,17H,2-3,6,9H2,1H3,(H,19,20). The molecule has 1 unspecified atom stereocenters. The van der Waals surface area contributed by atoms with Crippen LogP contribution >= 0.6 is 0 Å². The molecule has 0 bridgehead atoms. The van der Waals surface area contributed by atoms with Crippen molar-refractivity contribution >= 4 is 5.97 Å². The van der Waals surface area contributed by atoms with E-state index in [9.17, 15) is 4.79 Å². The van der Waals surface area contributed by atoms with Gasteiger partial charge in [-0.15, -0.1) is 0 Å². The molecule has 1 atom stereocenters. The first kappa shape index (κ1) is 15.4. The Morgan fingerprint density at radius 2 is 2.26 bits per heavy atom. The van der Waals surface area contributed by atoms with Gasteiger partial charge in [-0.05, 0) is 37.6 Å². The summed E-state index contributed by atoms with van der Waals surface area (Å²) in [5.41, 5.74) is 1.15. The fraction of sp³-hybridized carbons (Fsp3) is 0.375. The molecule has 1 saturated heterocycles. The van der Waals surface area contributed by atoms with Crippen molar-refractivity contribution in [1.29, 1.82) is 0 Å². The van der Waals surface area contributed by atoms with Gasteiger partial charge in [0.25, 0.3) is 0 Å². The topological polar surface area (TPSA) is 93.8 Å². The summed E-state index contributed by atoms with van der Waals surface area (Å²) >= 11 is 0. The molecule has 0 aliphatic carbocycles. The number of piperidine rings is 1. The first-order valence-corrected chi connectivity index (χ1v) is 7.43. The van der Waals surface area contributed by atoms with Gasteiger partial charge in [0.15, 0.2) is 11.5 Å². The maximum atomic E-state index is 10.9. The van der Waals surface area contributed by atoms with Gasteiger partial charge in [0.2, 0.25) is 5.76 Å². The fourth-order valence-corrected chi connectivity index (χ4v) is 2.54. The normalized spacial score (nSPS) is 17.7. The summed E-state index contributed by atoms with van der Waals surface area (Å²) in [6, 6.07) is 6.73. The van der Waals surface area contributed by atoms with Crippen LogP contribution < -0.4 is 14.8 Å². The first-order valence-electron chi connectivity index (χ1n) is 7.43. The molecule has 7 heteroatoms. The molecule has 1 aliphatic rings. The number of rotatable bonds is 5. The summed E-state index contributed by atoms with van der Waals surface area (Å²) in [6.07, 6.45) is 2.13. The van der Waals surface area contributed by atoms with Gasteiger partial charge in [-0.1, -0.05) is 5.16 Å². The molecule has 0 saturated carbocycles. The third-order valence-electron chi connectivity index (χ3n) is 3.73. The number of nitrogens with one attached hydrogen (secondary N) is 1. The summed E-state index contributed by atoms with van der Waals surface area (Å²) in [5.74, 6) is -0.114. The molecule has 2 aromatic rings. The van der Waals surface area contributed by atoms with E-state index < -0.39 is 5.97 Å². The molecular formula is C16H18N2O5. The van der Waals surface area contributed by atoms with Gasteiger partial charge in [0.1, 0.15) is 11.8 Å².